The maximum absolute atomic E-state index is 13.3. The van der Waals surface area contributed by atoms with Crippen LogP contribution < -0.4 is 19.7 Å². The lowest BCUT2D eigenvalue weighted by atomic mass is 9.94. The van der Waals surface area contributed by atoms with Crippen molar-refractivity contribution in [2.75, 3.05) is 30.2 Å². The zero-order valence-electron chi connectivity index (χ0n) is 16.8. The summed E-state index contributed by atoms with van der Waals surface area (Å²) in [5.41, 5.74) is 2.78. The van der Waals surface area contributed by atoms with Crippen LogP contribution in [-0.4, -0.2) is 42.1 Å². The molecule has 2 heterocycles. The molecule has 0 saturated carbocycles. The van der Waals surface area contributed by atoms with Gasteiger partial charge in [0.2, 0.25) is 5.91 Å². The molecule has 0 spiro atoms. The summed E-state index contributed by atoms with van der Waals surface area (Å²) in [5.74, 6) is 1.31. The van der Waals surface area contributed by atoms with Gasteiger partial charge in [-0.15, -0.1) is 23.1 Å². The molecule has 1 aliphatic carbocycles. The number of hydrogen-bond acceptors (Lipinski definition) is 7. The van der Waals surface area contributed by atoms with Gasteiger partial charge in [-0.1, -0.05) is 0 Å². The molecule has 0 saturated heterocycles. The van der Waals surface area contributed by atoms with E-state index in [1.165, 1.54) is 23.1 Å². The third-order valence-corrected chi connectivity index (χ3v) is 7.14. The number of carbonyl (C=O) groups excluding carboxylic acids is 2. The summed E-state index contributed by atoms with van der Waals surface area (Å²) in [5, 5.41) is 5.00. The van der Waals surface area contributed by atoms with E-state index in [9.17, 15) is 9.59 Å². The van der Waals surface area contributed by atoms with Gasteiger partial charge < -0.3 is 14.8 Å². The van der Waals surface area contributed by atoms with E-state index >= 15 is 0 Å². The van der Waals surface area contributed by atoms with Gasteiger partial charge in [0.1, 0.15) is 5.37 Å². The molecule has 158 valence electrons. The predicted octanol–water partition coefficient (Wildman–Crippen LogP) is 4.08. The summed E-state index contributed by atoms with van der Waals surface area (Å²) < 4.78 is 10.8. The Morgan fingerprint density at radius 1 is 1.27 bits per heavy atom. The highest BCUT2D eigenvalue weighted by atomic mass is 32.2. The Bertz CT molecular complexity index is 975. The Kier molecular flexibility index (Phi) is 6.29. The lowest BCUT2D eigenvalue weighted by Crippen LogP contribution is -2.34. The first-order valence-electron chi connectivity index (χ1n) is 9.71. The quantitative estimate of drug-likeness (QED) is 0.692. The van der Waals surface area contributed by atoms with Crippen LogP contribution in [0.15, 0.2) is 40.9 Å². The van der Waals surface area contributed by atoms with E-state index in [1.807, 2.05) is 17.5 Å². The number of anilines is 2. The number of hydrogen-bond donors (Lipinski definition) is 1. The third kappa shape index (κ3) is 4.04. The molecule has 1 aromatic carbocycles. The van der Waals surface area contributed by atoms with Crippen molar-refractivity contribution in [2.45, 2.75) is 31.1 Å². The maximum Gasteiger partial charge on any atom is 0.255 e. The molecule has 7 nitrogen and oxygen atoms in total. The van der Waals surface area contributed by atoms with Crippen molar-refractivity contribution in [3.63, 3.8) is 0 Å². The van der Waals surface area contributed by atoms with Gasteiger partial charge in [0.05, 0.1) is 20.0 Å². The monoisotopic (exact) mass is 445 g/mol. The lowest BCUT2D eigenvalue weighted by Gasteiger charge is -2.27. The van der Waals surface area contributed by atoms with Crippen LogP contribution in [0.4, 0.5) is 10.8 Å². The van der Waals surface area contributed by atoms with Gasteiger partial charge in [-0.2, -0.15) is 0 Å². The number of carbonyl (C=O) groups is 2. The summed E-state index contributed by atoms with van der Waals surface area (Å²) in [6.07, 6.45) is 5.42. The van der Waals surface area contributed by atoms with Gasteiger partial charge in [-0.25, -0.2) is 4.98 Å². The fourth-order valence-electron chi connectivity index (χ4n) is 3.85. The molecule has 0 bridgehead atoms. The van der Waals surface area contributed by atoms with Crippen LogP contribution in [0.3, 0.4) is 0 Å². The molecule has 2 aliphatic rings. The van der Waals surface area contributed by atoms with Gasteiger partial charge in [0, 0.05) is 28.9 Å². The van der Waals surface area contributed by atoms with E-state index < -0.39 is 0 Å². The van der Waals surface area contributed by atoms with Crippen molar-refractivity contribution in [1.82, 2.24) is 4.98 Å². The molecular formula is C21H23N3O4S2. The second kappa shape index (κ2) is 9.09. The van der Waals surface area contributed by atoms with Gasteiger partial charge in [-0.3, -0.25) is 14.5 Å². The second-order valence-corrected chi connectivity index (χ2v) is 8.94. The highest BCUT2D eigenvalue weighted by molar-refractivity contribution is 8.00. The average molecular weight is 446 g/mol. The zero-order chi connectivity index (χ0) is 21.1. The van der Waals surface area contributed by atoms with E-state index in [0.29, 0.717) is 16.6 Å². The second-order valence-electron chi connectivity index (χ2n) is 6.97. The number of benzene rings is 1. The number of rotatable bonds is 7. The SMILES string of the molecule is COc1ccc(N2C(=O)C3=C(CCCC3)C2SCC(=O)Nc2nccs2)cc1OC. The van der Waals surface area contributed by atoms with Gasteiger partial charge >= 0.3 is 0 Å². The number of thiazole rings is 1. The van der Waals surface area contributed by atoms with Gasteiger partial charge in [-0.05, 0) is 43.4 Å². The van der Waals surface area contributed by atoms with Gasteiger partial charge in [0.25, 0.3) is 5.91 Å². The highest BCUT2D eigenvalue weighted by Gasteiger charge is 2.41. The minimum atomic E-state index is -0.201. The number of methoxy groups -OCH3 is 2. The first-order valence-corrected chi connectivity index (χ1v) is 11.6. The minimum Gasteiger partial charge on any atom is -0.493 e. The van der Waals surface area contributed by atoms with Crippen molar-refractivity contribution in [3.8, 4) is 11.5 Å². The Hall–Kier alpha value is -2.52. The van der Waals surface area contributed by atoms with E-state index in [4.69, 9.17) is 9.47 Å². The molecule has 1 unspecified atom stereocenters. The molecular weight excluding hydrogens is 422 g/mol. The first kappa shape index (κ1) is 20.7. The summed E-state index contributed by atoms with van der Waals surface area (Å²) >= 11 is 2.85. The fraction of sp³-hybridized carbons (Fsp3) is 0.381. The summed E-state index contributed by atoms with van der Waals surface area (Å²) in [7, 11) is 3.16. The maximum atomic E-state index is 13.3. The molecule has 1 atom stereocenters. The molecule has 30 heavy (non-hydrogen) atoms. The number of amides is 2. The van der Waals surface area contributed by atoms with E-state index in [2.05, 4.69) is 10.3 Å². The molecule has 2 aromatic rings. The van der Waals surface area contributed by atoms with E-state index in [-0.39, 0.29) is 22.9 Å². The largest absolute Gasteiger partial charge is 0.493 e. The normalized spacial score (nSPS) is 18.4. The Balaban J connectivity index is 1.58. The Morgan fingerprint density at radius 2 is 2.07 bits per heavy atom. The van der Waals surface area contributed by atoms with Crippen LogP contribution in [0.25, 0.3) is 0 Å². The van der Waals surface area contributed by atoms with Crippen molar-refractivity contribution < 1.29 is 19.1 Å². The number of ether oxygens (including phenoxy) is 2. The van der Waals surface area contributed by atoms with Crippen LogP contribution in [0.1, 0.15) is 25.7 Å². The molecule has 1 aromatic heterocycles. The number of thioether (sulfide) groups is 1. The molecule has 1 N–H and O–H groups in total. The molecule has 4 rings (SSSR count). The van der Waals surface area contributed by atoms with Crippen molar-refractivity contribution in [1.29, 1.82) is 0 Å². The molecule has 0 fully saturated rings. The van der Waals surface area contributed by atoms with Crippen LogP contribution >= 0.6 is 23.1 Å². The number of nitrogens with zero attached hydrogens (tertiary/aromatic N) is 2. The lowest BCUT2D eigenvalue weighted by molar-refractivity contribution is -0.115. The topological polar surface area (TPSA) is 80.8 Å². The fourth-order valence-corrected chi connectivity index (χ4v) is 5.61. The smallest absolute Gasteiger partial charge is 0.255 e. The molecule has 2 amide bonds. The Morgan fingerprint density at radius 3 is 2.80 bits per heavy atom. The number of nitrogens with one attached hydrogen (secondary N) is 1. The number of aromatic nitrogens is 1. The van der Waals surface area contributed by atoms with Crippen molar-refractivity contribution in [3.05, 3.63) is 40.9 Å². The van der Waals surface area contributed by atoms with Crippen LogP contribution in [0.5, 0.6) is 11.5 Å². The summed E-state index contributed by atoms with van der Waals surface area (Å²) in [4.78, 5) is 31.6. The van der Waals surface area contributed by atoms with Crippen molar-refractivity contribution >= 4 is 45.7 Å². The van der Waals surface area contributed by atoms with Crippen LogP contribution in [-0.2, 0) is 9.59 Å². The molecule has 0 radical (unpaired) electrons. The van der Waals surface area contributed by atoms with Crippen molar-refractivity contribution in [2.24, 2.45) is 0 Å². The van der Waals surface area contributed by atoms with Crippen LogP contribution in [0, 0.1) is 0 Å². The molecule has 9 heteroatoms. The average Bonchev–Trinajstić information content (AvgIpc) is 3.38. The van der Waals surface area contributed by atoms with Crippen LogP contribution in [0.2, 0.25) is 0 Å². The molecule has 1 aliphatic heterocycles. The summed E-state index contributed by atoms with van der Waals surface area (Å²) in [6.45, 7) is 0. The standard InChI is InChI=1S/C21H23N3O4S2/c1-27-16-8-7-13(11-17(16)28-2)24-19(26)14-5-3-4-6-15(14)20(24)30-12-18(25)23-21-22-9-10-29-21/h7-11,20H,3-6,12H2,1-2H3,(H,22,23,25). The predicted molar refractivity (Wildman–Crippen MR) is 120 cm³/mol. The van der Waals surface area contributed by atoms with Gasteiger partial charge in [0.15, 0.2) is 16.6 Å². The first-order chi connectivity index (χ1) is 14.6. The third-order valence-electron chi connectivity index (χ3n) is 5.22. The minimum absolute atomic E-state index is 0.0229. The zero-order valence-corrected chi connectivity index (χ0v) is 18.5. The Labute approximate surface area is 183 Å². The summed E-state index contributed by atoms with van der Waals surface area (Å²) in [6, 6.07) is 5.48. The van der Waals surface area contributed by atoms with E-state index in [1.54, 1.807) is 31.4 Å². The van der Waals surface area contributed by atoms with E-state index in [0.717, 1.165) is 42.5 Å². The highest BCUT2D eigenvalue weighted by Crippen LogP contribution is 2.44.